The smallest absolute Gasteiger partial charge is 0.211 e. The lowest BCUT2D eigenvalue weighted by Gasteiger charge is -2.06. The average molecular weight is 396 g/mol. The van der Waals surface area contributed by atoms with Crippen molar-refractivity contribution in [3.63, 3.8) is 0 Å². The third kappa shape index (κ3) is 4.90. The van der Waals surface area contributed by atoms with Gasteiger partial charge < -0.3 is 5.21 Å². The number of fused-ring (bicyclic) bond motifs is 1. The number of carbonyl (C=O) groups is 2. The van der Waals surface area contributed by atoms with E-state index in [2.05, 4.69) is 12.1 Å². The Hall–Kier alpha value is -2.40. The van der Waals surface area contributed by atoms with E-state index in [0.29, 0.717) is 18.4 Å². The second-order valence-corrected chi connectivity index (χ2v) is 8.23. The van der Waals surface area contributed by atoms with E-state index in [1.54, 1.807) is 17.8 Å². The molecule has 146 valence electrons. The minimum absolute atomic E-state index is 0.190. The van der Waals surface area contributed by atoms with Crippen LogP contribution in [0.15, 0.2) is 57.4 Å². The normalized spacial score (nSPS) is 14.5. The maximum atomic E-state index is 12.3. The van der Waals surface area contributed by atoms with Crippen LogP contribution in [0.3, 0.4) is 0 Å². The number of oxime groups is 1. The highest BCUT2D eigenvalue weighted by molar-refractivity contribution is 7.99. The Kier molecular flexibility index (Phi) is 7.04. The summed E-state index contributed by atoms with van der Waals surface area (Å²) in [5, 5.41) is 12.0. The predicted octanol–water partition coefficient (Wildman–Crippen LogP) is 5.95. The van der Waals surface area contributed by atoms with E-state index in [1.807, 2.05) is 36.4 Å². The Balaban J connectivity index is 1.58. The molecule has 0 fully saturated rings. The number of unbranched alkanes of at least 4 members (excludes halogenated alkanes) is 4. The molecule has 0 radical (unpaired) electrons. The molecule has 0 unspecified atom stereocenters. The minimum Gasteiger partial charge on any atom is -0.411 e. The van der Waals surface area contributed by atoms with Gasteiger partial charge in [-0.2, -0.15) is 0 Å². The Morgan fingerprint density at radius 1 is 1.04 bits per heavy atom. The van der Waals surface area contributed by atoms with E-state index in [1.165, 1.54) is 19.3 Å². The standard InChI is InChI=1S/C23H25NO3S/c1-2-3-4-5-6-7-22(25)16-8-10-18(11-9-16)28-19-12-13-20-17(14-19)15-21(24-27)23(20)26/h8-14,27H,2-7,15H2,1H3/b24-21-. The average Bonchev–Trinajstić information content (AvgIpc) is 3.03. The van der Waals surface area contributed by atoms with E-state index in [-0.39, 0.29) is 17.3 Å². The maximum Gasteiger partial charge on any atom is 0.211 e. The van der Waals surface area contributed by atoms with Gasteiger partial charge in [-0.05, 0) is 42.3 Å². The van der Waals surface area contributed by atoms with Crippen LogP contribution in [0, 0.1) is 0 Å². The largest absolute Gasteiger partial charge is 0.411 e. The van der Waals surface area contributed by atoms with Crippen LogP contribution < -0.4 is 0 Å². The van der Waals surface area contributed by atoms with Gasteiger partial charge in [0.2, 0.25) is 5.78 Å². The first-order chi connectivity index (χ1) is 13.6. The molecule has 1 N–H and O–H groups in total. The van der Waals surface area contributed by atoms with Crippen LogP contribution in [0.5, 0.6) is 0 Å². The van der Waals surface area contributed by atoms with Gasteiger partial charge in [0.15, 0.2) is 5.78 Å². The summed E-state index contributed by atoms with van der Waals surface area (Å²) < 4.78 is 0. The van der Waals surface area contributed by atoms with Crippen molar-refractivity contribution in [1.82, 2.24) is 0 Å². The molecule has 0 atom stereocenters. The summed E-state index contributed by atoms with van der Waals surface area (Å²) in [6.45, 7) is 2.19. The highest BCUT2D eigenvalue weighted by Gasteiger charge is 2.27. The number of rotatable bonds is 9. The zero-order valence-corrected chi connectivity index (χ0v) is 16.9. The number of nitrogens with zero attached hydrogens (tertiary/aromatic N) is 1. The summed E-state index contributed by atoms with van der Waals surface area (Å²) in [5.74, 6) is 0.00604. The molecule has 0 heterocycles. The van der Waals surface area contributed by atoms with Gasteiger partial charge in [-0.15, -0.1) is 0 Å². The lowest BCUT2D eigenvalue weighted by molar-refractivity contribution is 0.0978. The molecule has 28 heavy (non-hydrogen) atoms. The number of carbonyl (C=O) groups excluding carboxylic acids is 2. The fraction of sp³-hybridized carbons (Fsp3) is 0.348. The Bertz CT molecular complexity index is 887. The molecular formula is C23H25NO3S. The van der Waals surface area contributed by atoms with Gasteiger partial charge in [-0.1, -0.05) is 61.7 Å². The molecule has 0 aromatic heterocycles. The van der Waals surface area contributed by atoms with Crippen LogP contribution in [0.2, 0.25) is 0 Å². The van der Waals surface area contributed by atoms with Crippen LogP contribution in [-0.4, -0.2) is 22.5 Å². The van der Waals surface area contributed by atoms with Crippen LogP contribution >= 0.6 is 11.8 Å². The first kappa shape index (κ1) is 20.3. The number of hydrogen-bond donors (Lipinski definition) is 1. The van der Waals surface area contributed by atoms with Crippen molar-refractivity contribution < 1.29 is 14.8 Å². The van der Waals surface area contributed by atoms with Crippen LogP contribution in [0.4, 0.5) is 0 Å². The van der Waals surface area contributed by atoms with Crippen molar-refractivity contribution in [1.29, 1.82) is 0 Å². The summed E-state index contributed by atoms with van der Waals surface area (Å²) in [7, 11) is 0. The molecule has 0 spiro atoms. The Morgan fingerprint density at radius 2 is 1.75 bits per heavy atom. The van der Waals surface area contributed by atoms with E-state index in [9.17, 15) is 9.59 Å². The minimum atomic E-state index is -0.202. The molecule has 1 aliphatic rings. The summed E-state index contributed by atoms with van der Waals surface area (Å²) in [5.41, 5.74) is 2.45. The zero-order valence-electron chi connectivity index (χ0n) is 16.1. The van der Waals surface area contributed by atoms with Gasteiger partial charge in [0.25, 0.3) is 0 Å². The molecule has 3 rings (SSSR count). The van der Waals surface area contributed by atoms with Crippen molar-refractivity contribution >= 4 is 29.0 Å². The second kappa shape index (κ2) is 9.69. The van der Waals surface area contributed by atoms with E-state index in [0.717, 1.165) is 33.8 Å². The van der Waals surface area contributed by atoms with Gasteiger partial charge in [-0.25, -0.2) is 0 Å². The van der Waals surface area contributed by atoms with E-state index >= 15 is 0 Å². The van der Waals surface area contributed by atoms with Crippen molar-refractivity contribution in [2.75, 3.05) is 0 Å². The lowest BCUT2D eigenvalue weighted by Crippen LogP contribution is -2.06. The molecule has 5 heteroatoms. The van der Waals surface area contributed by atoms with Gasteiger partial charge in [0, 0.05) is 33.8 Å². The summed E-state index contributed by atoms with van der Waals surface area (Å²) in [6, 6.07) is 13.4. The SMILES string of the molecule is CCCCCCCC(=O)c1ccc(Sc2ccc3c(c2)C/C(=N/O)C3=O)cc1. The number of hydrogen-bond acceptors (Lipinski definition) is 5. The van der Waals surface area contributed by atoms with Gasteiger partial charge in [-0.3, -0.25) is 9.59 Å². The topological polar surface area (TPSA) is 66.7 Å². The molecule has 0 aliphatic heterocycles. The monoisotopic (exact) mass is 395 g/mol. The van der Waals surface area contributed by atoms with Gasteiger partial charge >= 0.3 is 0 Å². The molecule has 1 aliphatic carbocycles. The van der Waals surface area contributed by atoms with E-state index < -0.39 is 0 Å². The van der Waals surface area contributed by atoms with Crippen LogP contribution in [0.1, 0.15) is 71.7 Å². The molecule has 0 saturated heterocycles. The number of ketones is 2. The highest BCUT2D eigenvalue weighted by atomic mass is 32.2. The van der Waals surface area contributed by atoms with E-state index in [4.69, 9.17) is 5.21 Å². The molecular weight excluding hydrogens is 370 g/mol. The molecule has 2 aromatic carbocycles. The summed E-state index contributed by atoms with van der Waals surface area (Å²) in [4.78, 5) is 26.3. The van der Waals surface area contributed by atoms with Crippen molar-refractivity contribution in [2.45, 2.75) is 61.7 Å². The summed E-state index contributed by atoms with van der Waals surface area (Å²) >= 11 is 1.59. The van der Waals surface area contributed by atoms with Crippen LogP contribution in [0.25, 0.3) is 0 Å². The van der Waals surface area contributed by atoms with Crippen molar-refractivity contribution in [2.24, 2.45) is 5.16 Å². The molecule has 0 saturated carbocycles. The fourth-order valence-corrected chi connectivity index (χ4v) is 4.26. The van der Waals surface area contributed by atoms with Crippen molar-refractivity contribution in [3.05, 3.63) is 59.2 Å². The lowest BCUT2D eigenvalue weighted by atomic mass is 10.0. The fourth-order valence-electron chi connectivity index (χ4n) is 3.38. The summed E-state index contributed by atoms with van der Waals surface area (Å²) in [6.07, 6.45) is 6.72. The van der Waals surface area contributed by atoms with Gasteiger partial charge in [0.1, 0.15) is 5.71 Å². The first-order valence-electron chi connectivity index (χ1n) is 9.82. The third-order valence-electron chi connectivity index (χ3n) is 4.98. The number of Topliss-reactive ketones (excluding diaryl/α,β-unsaturated/α-hetero) is 2. The quantitative estimate of drug-likeness (QED) is 0.247. The van der Waals surface area contributed by atoms with Crippen molar-refractivity contribution in [3.8, 4) is 0 Å². The van der Waals surface area contributed by atoms with Gasteiger partial charge in [0.05, 0.1) is 0 Å². The Morgan fingerprint density at radius 3 is 2.46 bits per heavy atom. The molecule has 4 nitrogen and oxygen atoms in total. The Labute approximate surface area is 170 Å². The highest BCUT2D eigenvalue weighted by Crippen LogP contribution is 2.32. The predicted molar refractivity (Wildman–Crippen MR) is 112 cm³/mol. The number of benzene rings is 2. The van der Waals surface area contributed by atoms with Crippen LogP contribution in [-0.2, 0) is 6.42 Å². The zero-order chi connectivity index (χ0) is 19.9. The second-order valence-electron chi connectivity index (χ2n) is 7.09. The third-order valence-corrected chi connectivity index (χ3v) is 5.98. The molecule has 2 aromatic rings. The first-order valence-corrected chi connectivity index (χ1v) is 10.6. The maximum absolute atomic E-state index is 12.3. The molecule has 0 amide bonds. The molecule has 0 bridgehead atoms.